The number of aromatic amines is 1. The molecule has 4 rings (SSSR count). The van der Waals surface area contributed by atoms with Gasteiger partial charge in [0.2, 0.25) is 65.0 Å². The predicted octanol–water partition coefficient (Wildman–Crippen LogP) is -5.82. The minimum Gasteiger partial charge on any atom is -0.508 e. The molecule has 4 aromatic rings. The second kappa shape index (κ2) is 30.8. The number of aliphatic hydroxyl groups is 1. The Balaban J connectivity index is 1.45. The van der Waals surface area contributed by atoms with Gasteiger partial charge in [-0.25, -0.2) is 0 Å². The van der Waals surface area contributed by atoms with Crippen LogP contribution in [0.1, 0.15) is 42.9 Å². The number of hydrogen-bond donors (Lipinski definition) is 17. The quantitative estimate of drug-likeness (QED) is 0.0217. The molecule has 0 radical (unpaired) electrons. The van der Waals surface area contributed by atoms with Crippen molar-refractivity contribution in [1.82, 2.24) is 52.8 Å². The first-order valence-electron chi connectivity index (χ1n) is 24.7. The van der Waals surface area contributed by atoms with Gasteiger partial charge in [0.1, 0.15) is 48.5 Å². The summed E-state index contributed by atoms with van der Waals surface area (Å²) in [5.74, 6) is -15.5. The topological polar surface area (TPSA) is 505 Å². The van der Waals surface area contributed by atoms with E-state index >= 15 is 0 Å². The molecular formula is C51H63N13O17. The molecule has 8 atom stereocenters. The number of carboxylic acids is 2. The van der Waals surface area contributed by atoms with Gasteiger partial charge in [-0.2, -0.15) is 0 Å². The molecule has 81 heavy (non-hydrogen) atoms. The molecule has 0 aliphatic heterocycles. The molecular weight excluding hydrogens is 1070 g/mol. The zero-order chi connectivity index (χ0) is 59.9. The summed E-state index contributed by atoms with van der Waals surface area (Å²) in [4.78, 5) is 170. The summed E-state index contributed by atoms with van der Waals surface area (Å²) in [7, 11) is 0. The number of aromatic nitrogens is 1. The van der Waals surface area contributed by atoms with E-state index in [0.29, 0.717) is 5.56 Å². The zero-order valence-corrected chi connectivity index (χ0v) is 43.4. The molecule has 434 valence electrons. The first kappa shape index (κ1) is 63.6. The lowest BCUT2D eigenvalue weighted by Gasteiger charge is -2.27. The number of fused-ring (bicyclic) bond motifs is 1. The summed E-state index contributed by atoms with van der Waals surface area (Å²) in [5, 5.41) is 59.7. The van der Waals surface area contributed by atoms with Crippen molar-refractivity contribution < 1.29 is 82.8 Å². The summed E-state index contributed by atoms with van der Waals surface area (Å²) < 4.78 is 0. The number of H-pyrrole nitrogens is 1. The summed E-state index contributed by atoms with van der Waals surface area (Å²) >= 11 is 0. The van der Waals surface area contributed by atoms with E-state index in [4.69, 9.17) is 22.3 Å². The molecule has 30 nitrogen and oxygen atoms in total. The number of primary amides is 2. The number of nitrogens with one attached hydrogen (secondary N) is 10. The number of benzene rings is 3. The van der Waals surface area contributed by atoms with Crippen molar-refractivity contribution in [3.8, 4) is 5.75 Å². The van der Waals surface area contributed by atoms with Gasteiger partial charge in [-0.05, 0) is 48.2 Å². The number of carboxylic acid groups (broad SMARTS) is 2. The SMILES string of the molecule is C[C@@H](O)[C@H](NC(=O)[C@H](Cc1ccccc1)NC(=O)[C@@H](N)Cc1c[nH]c2ccccc12)C(=O)N[C@@H](CC(N)=O)C(=O)NCC(=O)N[C@@H](Cc1ccc(O)cc1)C(=O)N[C@@H](CC(=O)O)C(=O)NCC(=O)N[C@@H](CC(N)=O)C(=O)NCC(=O)O. The minimum atomic E-state index is -1.95. The van der Waals surface area contributed by atoms with E-state index in [0.717, 1.165) is 23.4 Å². The molecule has 1 aromatic heterocycles. The van der Waals surface area contributed by atoms with Gasteiger partial charge in [0, 0.05) is 29.9 Å². The number of nitrogens with two attached hydrogens (primary N) is 3. The number of aromatic hydroxyl groups is 1. The molecule has 0 spiro atoms. The van der Waals surface area contributed by atoms with E-state index in [2.05, 4.69) is 47.5 Å². The third kappa shape index (κ3) is 21.4. The number of phenolic OH excluding ortho intramolecular Hbond substituents is 1. The van der Waals surface area contributed by atoms with Crippen LogP contribution in [0.2, 0.25) is 0 Å². The molecule has 11 amide bonds. The van der Waals surface area contributed by atoms with Gasteiger partial charge in [0.05, 0.1) is 44.5 Å². The molecule has 0 aliphatic rings. The number of aliphatic hydroxyl groups excluding tert-OH is 1. The number of carbonyl (C=O) groups excluding carboxylic acids is 11. The first-order chi connectivity index (χ1) is 38.3. The van der Waals surface area contributed by atoms with Crippen molar-refractivity contribution in [3.05, 3.63) is 102 Å². The smallest absolute Gasteiger partial charge is 0.322 e. The van der Waals surface area contributed by atoms with Gasteiger partial charge in [-0.15, -0.1) is 0 Å². The van der Waals surface area contributed by atoms with Gasteiger partial charge in [0.25, 0.3) is 0 Å². The summed E-state index contributed by atoms with van der Waals surface area (Å²) in [6, 6.07) is 9.39. The third-order valence-corrected chi connectivity index (χ3v) is 11.8. The molecule has 0 saturated heterocycles. The fourth-order valence-corrected chi connectivity index (χ4v) is 7.80. The van der Waals surface area contributed by atoms with Crippen LogP contribution in [0.3, 0.4) is 0 Å². The van der Waals surface area contributed by atoms with Gasteiger partial charge < -0.3 is 90.5 Å². The second-order valence-electron chi connectivity index (χ2n) is 18.4. The van der Waals surface area contributed by atoms with Crippen LogP contribution in [0.25, 0.3) is 10.9 Å². The highest BCUT2D eigenvalue weighted by Crippen LogP contribution is 2.19. The molecule has 30 heteroatoms. The summed E-state index contributed by atoms with van der Waals surface area (Å²) in [5.41, 5.74) is 19.2. The van der Waals surface area contributed by atoms with Gasteiger partial charge in [-0.3, -0.25) is 62.3 Å². The highest BCUT2D eigenvalue weighted by molar-refractivity contribution is 5.99. The maximum absolute atomic E-state index is 14.0. The normalized spacial score (nSPS) is 13.8. The Hall–Kier alpha value is -9.97. The van der Waals surface area contributed by atoms with E-state index in [-0.39, 0.29) is 24.2 Å². The maximum Gasteiger partial charge on any atom is 0.322 e. The third-order valence-electron chi connectivity index (χ3n) is 11.8. The number of hydrogen-bond acceptors (Lipinski definition) is 16. The van der Waals surface area contributed by atoms with Gasteiger partial charge in [0.15, 0.2) is 0 Å². The average Bonchev–Trinajstić information content (AvgIpc) is 3.81. The highest BCUT2D eigenvalue weighted by Gasteiger charge is 2.35. The van der Waals surface area contributed by atoms with Crippen molar-refractivity contribution in [2.24, 2.45) is 17.2 Å². The van der Waals surface area contributed by atoms with Crippen LogP contribution in [0.4, 0.5) is 0 Å². The number of amides is 11. The number of rotatable bonds is 32. The van der Waals surface area contributed by atoms with Crippen molar-refractivity contribution in [1.29, 1.82) is 0 Å². The molecule has 0 fully saturated rings. The lowest BCUT2D eigenvalue weighted by Crippen LogP contribution is -2.61. The van der Waals surface area contributed by atoms with E-state index in [1.54, 1.807) is 36.5 Å². The Bertz CT molecular complexity index is 2950. The van der Waals surface area contributed by atoms with Crippen LogP contribution < -0.4 is 65.1 Å². The van der Waals surface area contributed by atoms with Crippen molar-refractivity contribution >= 4 is 87.8 Å². The molecule has 0 unspecified atom stereocenters. The fraction of sp³-hybridized carbons (Fsp3) is 0.353. The monoisotopic (exact) mass is 1130 g/mol. The van der Waals surface area contributed by atoms with Crippen molar-refractivity contribution in [2.75, 3.05) is 19.6 Å². The Morgan fingerprint density at radius 3 is 1.49 bits per heavy atom. The van der Waals surface area contributed by atoms with Gasteiger partial charge in [-0.1, -0.05) is 60.7 Å². The molecule has 0 saturated carbocycles. The van der Waals surface area contributed by atoms with E-state index in [1.807, 2.05) is 29.6 Å². The minimum absolute atomic E-state index is 0.0758. The van der Waals surface area contributed by atoms with Crippen LogP contribution >= 0.6 is 0 Å². The van der Waals surface area contributed by atoms with Crippen molar-refractivity contribution in [2.45, 2.75) is 93.8 Å². The lowest BCUT2D eigenvalue weighted by molar-refractivity contribution is -0.141. The van der Waals surface area contributed by atoms with Crippen LogP contribution in [0.5, 0.6) is 5.75 Å². The largest absolute Gasteiger partial charge is 0.508 e. The summed E-state index contributed by atoms with van der Waals surface area (Å²) in [6.07, 6.45) is -3.18. The van der Waals surface area contributed by atoms with Crippen LogP contribution in [0.15, 0.2) is 85.1 Å². The zero-order valence-electron chi connectivity index (χ0n) is 43.4. The standard InChI is InChI=1S/C51H63N13O17/c1-25(65)44(64-50(80)34(15-26-7-3-2-4-8-26)61-45(75)31(52)17-28-21-55-32-10-6-5-9-30(28)32)51(81)63-36(19-39(54)68)47(77)56-22-40(69)59-33(16-27-11-13-29(66)14-12-27)49(79)62-37(20-42(71)72)48(78)57-23-41(70)60-35(18-38(53)67)46(76)58-24-43(73)74/h2-14,21,25,31,33-37,44,55,65-66H,15-20,22-24,52H2,1H3,(H2,53,67)(H2,54,68)(H,56,77)(H,57,78)(H,58,76)(H,59,69)(H,60,70)(H,61,75)(H,62,79)(H,63,81)(H,64,80)(H,71,72)(H,73,74)/t25-,31+,33+,34+,35+,36+,37+,44+/m1/s1. The molecule has 3 aromatic carbocycles. The van der Waals surface area contributed by atoms with Crippen LogP contribution in [-0.4, -0.2) is 170 Å². The van der Waals surface area contributed by atoms with E-state index in [9.17, 15) is 77.6 Å². The Labute approximate surface area is 460 Å². The Kier molecular flexibility index (Phi) is 24.2. The van der Waals surface area contributed by atoms with Gasteiger partial charge >= 0.3 is 11.9 Å². The van der Waals surface area contributed by atoms with Crippen LogP contribution in [0, 0.1) is 0 Å². The number of phenols is 1. The highest BCUT2D eigenvalue weighted by atomic mass is 16.4. The maximum atomic E-state index is 14.0. The molecule has 0 bridgehead atoms. The van der Waals surface area contributed by atoms with Crippen molar-refractivity contribution in [3.63, 3.8) is 0 Å². The Morgan fingerprint density at radius 1 is 0.494 bits per heavy atom. The second-order valence-corrected chi connectivity index (χ2v) is 18.4. The number of carbonyl (C=O) groups is 13. The average molecular weight is 1130 g/mol. The number of para-hydroxylation sites is 1. The van der Waals surface area contributed by atoms with Crippen LogP contribution in [-0.2, 0) is 81.6 Å². The molecule has 0 aliphatic carbocycles. The molecule has 1 heterocycles. The van der Waals surface area contributed by atoms with E-state index < -0.39 is 171 Å². The fourth-order valence-electron chi connectivity index (χ4n) is 7.80. The number of aliphatic carboxylic acids is 2. The molecule has 20 N–H and O–H groups in total. The predicted molar refractivity (Wildman–Crippen MR) is 282 cm³/mol. The Morgan fingerprint density at radius 2 is 0.951 bits per heavy atom. The lowest BCUT2D eigenvalue weighted by atomic mass is 10.0. The van der Waals surface area contributed by atoms with E-state index in [1.165, 1.54) is 24.3 Å². The first-order valence-corrected chi connectivity index (χ1v) is 24.7. The summed E-state index contributed by atoms with van der Waals surface area (Å²) in [6.45, 7) is -1.73.